The maximum absolute atomic E-state index is 2.91. The second kappa shape index (κ2) is 3.48. The topological polar surface area (TPSA) is 6.48 Å². The first-order valence-electron chi connectivity index (χ1n) is 8.96. The molecule has 4 fully saturated rings. The maximum Gasteiger partial charge on any atom is 0.0632 e. The SMILES string of the molecule is c1ccc2c(c1)[C@H]1CCN3CCC[C@@]45CCN2[C@]1(CC4)[C@H]35. The number of nitrogens with zero attached hydrogens (tertiary/aromatic N) is 2. The van der Waals surface area contributed by atoms with Gasteiger partial charge >= 0.3 is 0 Å². The third-order valence-corrected chi connectivity index (χ3v) is 7.81. The molecule has 0 unspecified atom stereocenters. The van der Waals surface area contributed by atoms with E-state index in [2.05, 4.69) is 34.1 Å². The van der Waals surface area contributed by atoms with Crippen LogP contribution in [0.15, 0.2) is 24.3 Å². The van der Waals surface area contributed by atoms with E-state index in [9.17, 15) is 0 Å². The zero-order chi connectivity index (χ0) is 13.7. The molecule has 1 aromatic carbocycles. The lowest BCUT2D eigenvalue weighted by Crippen LogP contribution is -2.71. The molecule has 0 N–H and O–H groups in total. The van der Waals surface area contributed by atoms with Crippen molar-refractivity contribution in [2.24, 2.45) is 5.41 Å². The molecule has 0 amide bonds. The van der Waals surface area contributed by atoms with Crippen LogP contribution in [0.25, 0.3) is 0 Å². The number of rotatable bonds is 0. The summed E-state index contributed by atoms with van der Waals surface area (Å²) < 4.78 is 0. The smallest absolute Gasteiger partial charge is 0.0632 e. The predicted octanol–water partition coefficient (Wildman–Crippen LogP) is 3.38. The summed E-state index contributed by atoms with van der Waals surface area (Å²) in [6.07, 6.45) is 8.73. The minimum atomic E-state index is 0.473. The van der Waals surface area contributed by atoms with Crippen LogP contribution < -0.4 is 4.90 Å². The normalized spacial score (nSPS) is 46.4. The third-order valence-electron chi connectivity index (χ3n) is 7.81. The summed E-state index contributed by atoms with van der Waals surface area (Å²) in [4.78, 5) is 5.78. The predicted molar refractivity (Wildman–Crippen MR) is 84.8 cm³/mol. The van der Waals surface area contributed by atoms with Crippen molar-refractivity contribution >= 4 is 5.69 Å². The van der Waals surface area contributed by atoms with E-state index in [0.717, 1.165) is 12.0 Å². The monoisotopic (exact) mass is 280 g/mol. The van der Waals surface area contributed by atoms with Gasteiger partial charge in [-0.05, 0) is 68.7 Å². The minimum absolute atomic E-state index is 0.473. The Morgan fingerprint density at radius 1 is 0.952 bits per heavy atom. The Labute approximate surface area is 127 Å². The molecular formula is C19H24N2. The lowest BCUT2D eigenvalue weighted by Gasteiger charge is -2.62. The number of hydrogen-bond donors (Lipinski definition) is 0. The molecule has 1 saturated carbocycles. The van der Waals surface area contributed by atoms with Crippen molar-refractivity contribution in [1.82, 2.24) is 4.90 Å². The molecule has 3 saturated heterocycles. The van der Waals surface area contributed by atoms with Gasteiger partial charge in [-0.25, -0.2) is 0 Å². The van der Waals surface area contributed by atoms with Gasteiger partial charge < -0.3 is 4.90 Å². The van der Waals surface area contributed by atoms with E-state index in [1.165, 1.54) is 58.2 Å². The summed E-state index contributed by atoms with van der Waals surface area (Å²) in [6, 6.07) is 10.2. The molecule has 6 rings (SSSR count). The van der Waals surface area contributed by atoms with Crippen molar-refractivity contribution in [2.75, 3.05) is 24.5 Å². The van der Waals surface area contributed by atoms with Gasteiger partial charge in [-0.3, -0.25) is 4.90 Å². The van der Waals surface area contributed by atoms with Crippen LogP contribution >= 0.6 is 0 Å². The summed E-state index contributed by atoms with van der Waals surface area (Å²) in [5.41, 5.74) is 4.42. The molecule has 1 spiro atoms. The largest absolute Gasteiger partial charge is 0.363 e. The fraction of sp³-hybridized carbons (Fsp3) is 0.684. The number of benzene rings is 1. The molecular weight excluding hydrogens is 256 g/mol. The van der Waals surface area contributed by atoms with Crippen LogP contribution in [0.1, 0.15) is 50.0 Å². The highest BCUT2D eigenvalue weighted by atomic mass is 15.4. The summed E-state index contributed by atoms with van der Waals surface area (Å²) >= 11 is 0. The van der Waals surface area contributed by atoms with Gasteiger partial charge in [0.1, 0.15) is 0 Å². The number of hydrogen-bond acceptors (Lipinski definition) is 2. The molecule has 4 heterocycles. The van der Waals surface area contributed by atoms with Crippen LogP contribution in [0, 0.1) is 5.41 Å². The molecule has 5 aliphatic rings. The van der Waals surface area contributed by atoms with Crippen LogP contribution in [-0.4, -0.2) is 36.1 Å². The van der Waals surface area contributed by atoms with Crippen LogP contribution in [-0.2, 0) is 0 Å². The first-order chi connectivity index (χ1) is 10.4. The van der Waals surface area contributed by atoms with Crippen molar-refractivity contribution in [2.45, 2.75) is 56.0 Å². The Kier molecular flexibility index (Phi) is 1.91. The van der Waals surface area contributed by atoms with E-state index in [-0.39, 0.29) is 0 Å². The molecule has 1 aromatic rings. The Hall–Kier alpha value is -1.02. The fourth-order valence-electron chi connectivity index (χ4n) is 7.33. The molecule has 21 heavy (non-hydrogen) atoms. The van der Waals surface area contributed by atoms with Crippen LogP contribution in [0.3, 0.4) is 0 Å². The first kappa shape index (κ1) is 11.5. The molecule has 0 radical (unpaired) electrons. The third kappa shape index (κ3) is 1.09. The average molecular weight is 280 g/mol. The second-order valence-corrected chi connectivity index (χ2v) is 8.20. The van der Waals surface area contributed by atoms with Gasteiger partial charge in [0.05, 0.1) is 5.54 Å². The van der Waals surface area contributed by atoms with E-state index in [4.69, 9.17) is 0 Å². The van der Waals surface area contributed by atoms with Crippen molar-refractivity contribution in [3.05, 3.63) is 29.8 Å². The molecule has 2 nitrogen and oxygen atoms in total. The summed E-state index contributed by atoms with van der Waals surface area (Å²) in [5.74, 6) is 0.815. The number of fused-ring (bicyclic) bond motifs is 3. The Bertz CT molecular complexity index is 599. The summed E-state index contributed by atoms with van der Waals surface area (Å²) in [6.45, 7) is 4.03. The summed E-state index contributed by atoms with van der Waals surface area (Å²) in [5, 5.41) is 0. The first-order valence-corrected chi connectivity index (χ1v) is 8.96. The van der Waals surface area contributed by atoms with Gasteiger partial charge in [0.15, 0.2) is 0 Å². The highest BCUT2D eigenvalue weighted by Gasteiger charge is 2.71. The molecule has 1 aliphatic carbocycles. The van der Waals surface area contributed by atoms with E-state index in [1.54, 1.807) is 11.3 Å². The zero-order valence-electron chi connectivity index (χ0n) is 12.7. The van der Waals surface area contributed by atoms with Crippen molar-refractivity contribution < 1.29 is 0 Å². The van der Waals surface area contributed by atoms with Crippen molar-refractivity contribution in [3.63, 3.8) is 0 Å². The average Bonchev–Trinajstić information content (AvgIpc) is 2.97. The zero-order valence-corrected chi connectivity index (χ0v) is 12.7. The standard InChI is InChI=1S/C19H24N2/c1-2-5-16-14(4-1)15-6-12-20-11-3-7-18-8-9-19(15,17(18)20)21(16)13-10-18/h1-2,4-5,15,17H,3,6-13H2/t15-,17-,18+,19+/m1/s1. The molecule has 4 aliphatic heterocycles. The van der Waals surface area contributed by atoms with E-state index >= 15 is 0 Å². The van der Waals surface area contributed by atoms with Gasteiger partial charge in [-0.2, -0.15) is 0 Å². The van der Waals surface area contributed by atoms with Crippen LogP contribution in [0.5, 0.6) is 0 Å². The second-order valence-electron chi connectivity index (χ2n) is 8.20. The van der Waals surface area contributed by atoms with E-state index in [1.807, 2.05) is 0 Å². The molecule has 4 atom stereocenters. The number of anilines is 1. The maximum atomic E-state index is 2.91. The lowest BCUT2D eigenvalue weighted by molar-refractivity contribution is -0.0452. The van der Waals surface area contributed by atoms with Gasteiger partial charge in [0.2, 0.25) is 0 Å². The van der Waals surface area contributed by atoms with Crippen molar-refractivity contribution in [3.8, 4) is 0 Å². The number of piperidine rings is 3. The Morgan fingerprint density at radius 3 is 2.90 bits per heavy atom. The highest BCUT2D eigenvalue weighted by molar-refractivity contribution is 5.67. The lowest BCUT2D eigenvalue weighted by atomic mass is 9.62. The van der Waals surface area contributed by atoms with Gasteiger partial charge in [0.25, 0.3) is 0 Å². The van der Waals surface area contributed by atoms with Gasteiger partial charge in [-0.15, -0.1) is 0 Å². The van der Waals surface area contributed by atoms with Gasteiger partial charge in [-0.1, -0.05) is 18.2 Å². The van der Waals surface area contributed by atoms with Gasteiger partial charge in [0, 0.05) is 24.2 Å². The molecule has 0 aromatic heterocycles. The highest BCUT2D eigenvalue weighted by Crippen LogP contribution is 2.69. The van der Waals surface area contributed by atoms with Crippen molar-refractivity contribution in [1.29, 1.82) is 0 Å². The van der Waals surface area contributed by atoms with E-state index < -0.39 is 0 Å². The Balaban J connectivity index is 1.62. The van der Waals surface area contributed by atoms with E-state index in [0.29, 0.717) is 11.0 Å². The Morgan fingerprint density at radius 2 is 1.90 bits per heavy atom. The van der Waals surface area contributed by atoms with Crippen LogP contribution in [0.2, 0.25) is 0 Å². The quantitative estimate of drug-likeness (QED) is 0.719. The summed E-state index contributed by atoms with van der Waals surface area (Å²) in [7, 11) is 0. The molecule has 2 heteroatoms. The van der Waals surface area contributed by atoms with Crippen LogP contribution in [0.4, 0.5) is 5.69 Å². The minimum Gasteiger partial charge on any atom is -0.363 e. The molecule has 2 bridgehead atoms. The number of para-hydroxylation sites is 1. The molecule has 110 valence electrons. The fourth-order valence-corrected chi connectivity index (χ4v) is 7.33.